The van der Waals surface area contributed by atoms with Crippen molar-refractivity contribution in [3.05, 3.63) is 83.9 Å². The van der Waals surface area contributed by atoms with Crippen LogP contribution < -0.4 is 0 Å². The van der Waals surface area contributed by atoms with E-state index in [0.717, 1.165) is 21.9 Å². The molecule has 0 aliphatic heterocycles. The van der Waals surface area contributed by atoms with E-state index in [2.05, 4.69) is 0 Å². The molecule has 0 spiro atoms. The highest BCUT2D eigenvalue weighted by Gasteiger charge is 2.36. The average molecular weight is 290 g/mol. The van der Waals surface area contributed by atoms with Gasteiger partial charge in [0.2, 0.25) is 0 Å². The SMILES string of the molecule is CC(Cc1ccccc1)(C(=O)O)c1cccc2ccccc12. The van der Waals surface area contributed by atoms with E-state index in [0.29, 0.717) is 6.42 Å². The lowest BCUT2D eigenvalue weighted by Crippen LogP contribution is -2.35. The van der Waals surface area contributed by atoms with Crippen molar-refractivity contribution in [3.63, 3.8) is 0 Å². The molecule has 0 aromatic heterocycles. The van der Waals surface area contributed by atoms with Crippen LogP contribution in [-0.2, 0) is 16.6 Å². The van der Waals surface area contributed by atoms with Gasteiger partial charge in [-0.2, -0.15) is 0 Å². The summed E-state index contributed by atoms with van der Waals surface area (Å²) in [7, 11) is 0. The third-order valence-corrected chi connectivity index (χ3v) is 4.26. The number of rotatable bonds is 4. The van der Waals surface area contributed by atoms with Gasteiger partial charge >= 0.3 is 5.97 Å². The normalized spacial score (nSPS) is 13.7. The largest absolute Gasteiger partial charge is 0.481 e. The summed E-state index contributed by atoms with van der Waals surface area (Å²) in [5.41, 5.74) is 0.935. The second kappa shape index (κ2) is 5.64. The minimum absolute atomic E-state index is 0.469. The van der Waals surface area contributed by atoms with Crippen LogP contribution in [0.3, 0.4) is 0 Å². The van der Waals surface area contributed by atoms with E-state index in [1.165, 1.54) is 0 Å². The lowest BCUT2D eigenvalue weighted by molar-refractivity contribution is -0.143. The number of carboxylic acid groups (broad SMARTS) is 1. The molecular weight excluding hydrogens is 272 g/mol. The summed E-state index contributed by atoms with van der Waals surface area (Å²) in [6, 6.07) is 23.6. The van der Waals surface area contributed by atoms with E-state index < -0.39 is 11.4 Å². The smallest absolute Gasteiger partial charge is 0.314 e. The Morgan fingerprint density at radius 3 is 2.27 bits per heavy atom. The Morgan fingerprint density at radius 2 is 1.55 bits per heavy atom. The number of fused-ring (bicyclic) bond motifs is 1. The first-order valence-electron chi connectivity index (χ1n) is 7.37. The van der Waals surface area contributed by atoms with E-state index in [9.17, 15) is 9.90 Å². The molecule has 0 amide bonds. The molecule has 0 saturated heterocycles. The van der Waals surface area contributed by atoms with Crippen LogP contribution in [0.1, 0.15) is 18.1 Å². The highest BCUT2D eigenvalue weighted by molar-refractivity contribution is 5.93. The van der Waals surface area contributed by atoms with Gasteiger partial charge in [-0.25, -0.2) is 0 Å². The fourth-order valence-corrected chi connectivity index (χ4v) is 3.00. The lowest BCUT2D eigenvalue weighted by Gasteiger charge is -2.27. The standard InChI is InChI=1S/C20H18O2/c1-20(19(21)22,14-15-8-3-2-4-9-15)18-13-7-11-16-10-5-6-12-17(16)18/h2-13H,14H2,1H3,(H,21,22). The summed E-state index contributed by atoms with van der Waals surface area (Å²) in [6.07, 6.45) is 0.469. The van der Waals surface area contributed by atoms with Crippen LogP contribution in [0, 0.1) is 0 Å². The number of carbonyl (C=O) groups is 1. The topological polar surface area (TPSA) is 37.3 Å². The molecule has 3 rings (SSSR count). The Labute approximate surface area is 130 Å². The maximum Gasteiger partial charge on any atom is 0.314 e. The van der Waals surface area contributed by atoms with Crippen molar-refractivity contribution in [1.82, 2.24) is 0 Å². The molecule has 0 aliphatic carbocycles. The molecule has 3 aromatic rings. The van der Waals surface area contributed by atoms with Crippen molar-refractivity contribution < 1.29 is 9.90 Å². The summed E-state index contributed by atoms with van der Waals surface area (Å²) in [5.74, 6) is -0.798. The molecule has 1 unspecified atom stereocenters. The van der Waals surface area contributed by atoms with Crippen molar-refractivity contribution in [2.75, 3.05) is 0 Å². The minimum Gasteiger partial charge on any atom is -0.481 e. The third kappa shape index (κ3) is 2.48. The third-order valence-electron chi connectivity index (χ3n) is 4.26. The molecule has 0 bridgehead atoms. The summed E-state index contributed by atoms with van der Waals surface area (Å²) < 4.78 is 0. The summed E-state index contributed by atoms with van der Waals surface area (Å²) in [4.78, 5) is 12.1. The second-order valence-corrected chi connectivity index (χ2v) is 5.83. The van der Waals surface area contributed by atoms with E-state index in [1.807, 2.05) is 79.7 Å². The molecule has 2 nitrogen and oxygen atoms in total. The van der Waals surface area contributed by atoms with Crippen LogP contribution in [0.4, 0.5) is 0 Å². The average Bonchev–Trinajstić information content (AvgIpc) is 2.55. The maximum atomic E-state index is 12.1. The Morgan fingerprint density at radius 1 is 0.909 bits per heavy atom. The van der Waals surface area contributed by atoms with Gasteiger partial charge in [0.15, 0.2) is 0 Å². The van der Waals surface area contributed by atoms with Crippen LogP contribution in [0.2, 0.25) is 0 Å². The quantitative estimate of drug-likeness (QED) is 0.772. The fourth-order valence-electron chi connectivity index (χ4n) is 3.00. The van der Waals surface area contributed by atoms with Gasteiger partial charge in [-0.05, 0) is 35.2 Å². The first-order valence-corrected chi connectivity index (χ1v) is 7.37. The molecule has 3 aromatic carbocycles. The second-order valence-electron chi connectivity index (χ2n) is 5.83. The monoisotopic (exact) mass is 290 g/mol. The van der Waals surface area contributed by atoms with Crippen LogP contribution in [0.25, 0.3) is 10.8 Å². The number of benzene rings is 3. The van der Waals surface area contributed by atoms with Gasteiger partial charge < -0.3 is 5.11 Å². The van der Waals surface area contributed by atoms with Crippen LogP contribution in [0.5, 0.6) is 0 Å². The van der Waals surface area contributed by atoms with Gasteiger partial charge in [-0.15, -0.1) is 0 Å². The zero-order chi connectivity index (χ0) is 15.6. The highest BCUT2D eigenvalue weighted by atomic mass is 16.4. The van der Waals surface area contributed by atoms with Crippen LogP contribution >= 0.6 is 0 Å². The molecule has 0 radical (unpaired) electrons. The van der Waals surface area contributed by atoms with Crippen molar-refractivity contribution in [1.29, 1.82) is 0 Å². The molecule has 2 heteroatoms. The van der Waals surface area contributed by atoms with E-state index in [-0.39, 0.29) is 0 Å². The molecule has 0 fully saturated rings. The predicted molar refractivity (Wildman–Crippen MR) is 89.1 cm³/mol. The molecule has 110 valence electrons. The molecule has 0 saturated carbocycles. The van der Waals surface area contributed by atoms with Crippen LogP contribution in [-0.4, -0.2) is 11.1 Å². The van der Waals surface area contributed by atoms with Gasteiger partial charge in [0, 0.05) is 0 Å². The van der Waals surface area contributed by atoms with E-state index >= 15 is 0 Å². The van der Waals surface area contributed by atoms with E-state index in [4.69, 9.17) is 0 Å². The zero-order valence-electron chi connectivity index (χ0n) is 12.5. The molecule has 1 atom stereocenters. The van der Waals surface area contributed by atoms with Gasteiger partial charge in [-0.3, -0.25) is 4.79 Å². The Hall–Kier alpha value is -2.61. The Bertz CT molecular complexity index is 803. The van der Waals surface area contributed by atoms with Crippen molar-refractivity contribution in [2.45, 2.75) is 18.8 Å². The maximum absolute atomic E-state index is 12.1. The summed E-state index contributed by atoms with van der Waals surface area (Å²) in [5, 5.41) is 12.0. The van der Waals surface area contributed by atoms with Gasteiger partial charge in [0.05, 0.1) is 5.41 Å². The lowest BCUT2D eigenvalue weighted by atomic mass is 9.75. The number of carboxylic acids is 1. The molecular formula is C20H18O2. The Kier molecular flexibility index (Phi) is 3.68. The molecule has 0 aliphatic rings. The van der Waals surface area contributed by atoms with Gasteiger partial charge in [0.1, 0.15) is 0 Å². The van der Waals surface area contributed by atoms with E-state index in [1.54, 1.807) is 0 Å². The first-order chi connectivity index (χ1) is 10.6. The predicted octanol–water partition coefficient (Wildman–Crippen LogP) is 4.42. The Balaban J connectivity index is 2.16. The van der Waals surface area contributed by atoms with Gasteiger partial charge in [-0.1, -0.05) is 72.8 Å². The first kappa shape index (κ1) is 14.3. The van der Waals surface area contributed by atoms with Gasteiger partial charge in [0.25, 0.3) is 0 Å². The number of aliphatic carboxylic acids is 1. The number of hydrogen-bond donors (Lipinski definition) is 1. The minimum atomic E-state index is -0.956. The molecule has 0 heterocycles. The number of hydrogen-bond acceptors (Lipinski definition) is 1. The molecule has 22 heavy (non-hydrogen) atoms. The van der Waals surface area contributed by atoms with Crippen molar-refractivity contribution in [2.24, 2.45) is 0 Å². The summed E-state index contributed by atoms with van der Waals surface area (Å²) in [6.45, 7) is 1.81. The molecule has 1 N–H and O–H groups in total. The summed E-state index contributed by atoms with van der Waals surface area (Å²) >= 11 is 0. The highest BCUT2D eigenvalue weighted by Crippen LogP contribution is 2.34. The van der Waals surface area contributed by atoms with Crippen LogP contribution in [0.15, 0.2) is 72.8 Å². The van der Waals surface area contributed by atoms with Crippen molar-refractivity contribution >= 4 is 16.7 Å². The van der Waals surface area contributed by atoms with Crippen molar-refractivity contribution in [3.8, 4) is 0 Å². The fraction of sp³-hybridized carbons (Fsp3) is 0.150. The zero-order valence-corrected chi connectivity index (χ0v) is 12.5.